The third-order valence-corrected chi connectivity index (χ3v) is 6.95. The summed E-state index contributed by atoms with van der Waals surface area (Å²) in [5.74, 6) is 0. The Labute approximate surface area is 206 Å². The van der Waals surface area contributed by atoms with Crippen LogP contribution < -0.4 is 10.9 Å². The minimum Gasteiger partial charge on any atom is -0.354 e. The van der Waals surface area contributed by atoms with Crippen LogP contribution in [0.25, 0.3) is 66.6 Å². The maximum absolute atomic E-state index is 13.3. The first kappa shape index (κ1) is 20.4. The van der Waals surface area contributed by atoms with Crippen LogP contribution in [0.4, 0.5) is 0 Å². The molecule has 0 amide bonds. The van der Waals surface area contributed by atoms with Crippen molar-refractivity contribution < 1.29 is 0 Å². The summed E-state index contributed by atoms with van der Waals surface area (Å²) in [6.45, 7) is 0. The van der Waals surface area contributed by atoms with Crippen molar-refractivity contribution >= 4 is 21.8 Å². The van der Waals surface area contributed by atoms with E-state index >= 15 is 0 Å². The average molecular weight is 465 g/mol. The predicted octanol–water partition coefficient (Wildman–Crippen LogP) is 6.91. The van der Waals surface area contributed by atoms with E-state index < -0.39 is 10.9 Å². The first-order valence-corrected chi connectivity index (χ1v) is 11.9. The number of fused-ring (bicyclic) bond motifs is 2. The van der Waals surface area contributed by atoms with Gasteiger partial charge in [0, 0.05) is 44.1 Å². The van der Waals surface area contributed by atoms with Crippen molar-refractivity contribution in [1.29, 1.82) is 0 Å². The van der Waals surface area contributed by atoms with Gasteiger partial charge in [-0.1, -0.05) is 97.1 Å². The fourth-order valence-electron chi connectivity index (χ4n) is 5.31. The van der Waals surface area contributed by atoms with Gasteiger partial charge in [0.2, 0.25) is 10.9 Å². The van der Waals surface area contributed by atoms with E-state index in [1.54, 1.807) is 0 Å². The molecule has 7 rings (SSSR count). The lowest BCUT2D eigenvalue weighted by Crippen LogP contribution is -2.35. The SMILES string of the molecule is O=c1c(-c2c(-c3ccccc3)[nH]c3ccccc23)c(-c2c(-c3ccccc3)[nH]c3ccccc23)c1=O. The van der Waals surface area contributed by atoms with Crippen molar-refractivity contribution in [2.75, 3.05) is 0 Å². The Morgan fingerprint density at radius 1 is 0.389 bits per heavy atom. The Hall–Kier alpha value is -4.96. The monoisotopic (exact) mass is 464 g/mol. The largest absolute Gasteiger partial charge is 0.354 e. The van der Waals surface area contributed by atoms with Gasteiger partial charge in [-0.3, -0.25) is 9.59 Å². The maximum Gasteiger partial charge on any atom is 0.235 e. The van der Waals surface area contributed by atoms with E-state index in [1.807, 2.05) is 109 Å². The molecule has 0 fully saturated rings. The molecular weight excluding hydrogens is 444 g/mol. The molecule has 0 saturated carbocycles. The molecule has 2 N–H and O–H groups in total. The molecule has 4 nitrogen and oxygen atoms in total. The number of H-pyrrole nitrogens is 2. The first-order valence-electron chi connectivity index (χ1n) is 11.9. The summed E-state index contributed by atoms with van der Waals surface area (Å²) in [6, 6.07) is 35.7. The average Bonchev–Trinajstić information content (AvgIpc) is 3.51. The highest BCUT2D eigenvalue weighted by Crippen LogP contribution is 2.45. The van der Waals surface area contributed by atoms with Crippen molar-refractivity contribution in [1.82, 2.24) is 9.97 Å². The number of rotatable bonds is 4. The van der Waals surface area contributed by atoms with E-state index in [9.17, 15) is 9.59 Å². The van der Waals surface area contributed by atoms with Gasteiger partial charge in [0.05, 0.1) is 11.4 Å². The van der Waals surface area contributed by atoms with Crippen LogP contribution in [0, 0.1) is 0 Å². The fraction of sp³-hybridized carbons (Fsp3) is 0. The highest BCUT2D eigenvalue weighted by atomic mass is 16.2. The number of aromatic nitrogens is 2. The minimum atomic E-state index is -0.448. The molecule has 0 unspecified atom stereocenters. The van der Waals surface area contributed by atoms with Crippen molar-refractivity contribution in [3.8, 4) is 44.8 Å². The minimum absolute atomic E-state index is 0.448. The van der Waals surface area contributed by atoms with Gasteiger partial charge in [0.25, 0.3) is 0 Å². The van der Waals surface area contributed by atoms with Crippen LogP contribution in [0.15, 0.2) is 119 Å². The summed E-state index contributed by atoms with van der Waals surface area (Å²) < 4.78 is 0. The molecule has 5 aromatic carbocycles. The smallest absolute Gasteiger partial charge is 0.235 e. The van der Waals surface area contributed by atoms with Crippen LogP contribution in [-0.2, 0) is 0 Å². The summed E-state index contributed by atoms with van der Waals surface area (Å²) in [7, 11) is 0. The molecule has 0 aliphatic carbocycles. The van der Waals surface area contributed by atoms with E-state index in [1.165, 1.54) is 0 Å². The van der Waals surface area contributed by atoms with Crippen LogP contribution in [0.1, 0.15) is 0 Å². The summed E-state index contributed by atoms with van der Waals surface area (Å²) in [5, 5.41) is 1.84. The lowest BCUT2D eigenvalue weighted by Gasteiger charge is -2.15. The Bertz CT molecular complexity index is 1820. The highest BCUT2D eigenvalue weighted by Gasteiger charge is 2.31. The van der Waals surface area contributed by atoms with Crippen molar-refractivity contribution in [3.63, 3.8) is 0 Å². The van der Waals surface area contributed by atoms with Crippen molar-refractivity contribution in [2.45, 2.75) is 0 Å². The quantitative estimate of drug-likeness (QED) is 0.278. The molecule has 7 aromatic rings. The molecule has 36 heavy (non-hydrogen) atoms. The molecule has 0 atom stereocenters. The number of benzene rings is 4. The van der Waals surface area contributed by atoms with Gasteiger partial charge >= 0.3 is 0 Å². The third kappa shape index (κ3) is 2.88. The van der Waals surface area contributed by atoms with Crippen LogP contribution in [-0.4, -0.2) is 9.97 Å². The Morgan fingerprint density at radius 2 is 0.750 bits per heavy atom. The Morgan fingerprint density at radius 3 is 1.17 bits per heavy atom. The molecule has 0 aliphatic heterocycles. The predicted molar refractivity (Wildman–Crippen MR) is 147 cm³/mol. The van der Waals surface area contributed by atoms with E-state index in [0.29, 0.717) is 11.1 Å². The van der Waals surface area contributed by atoms with Gasteiger partial charge in [0.1, 0.15) is 0 Å². The van der Waals surface area contributed by atoms with Crippen LogP contribution in [0.2, 0.25) is 0 Å². The summed E-state index contributed by atoms with van der Waals surface area (Å²) in [4.78, 5) is 33.7. The van der Waals surface area contributed by atoms with Gasteiger partial charge < -0.3 is 9.97 Å². The van der Waals surface area contributed by atoms with E-state index in [2.05, 4.69) is 9.97 Å². The zero-order valence-electron chi connectivity index (χ0n) is 19.2. The lowest BCUT2D eigenvalue weighted by molar-refractivity contribution is 1.39. The number of para-hydroxylation sites is 2. The van der Waals surface area contributed by atoms with Gasteiger partial charge in [-0.05, 0) is 23.3 Å². The zero-order chi connectivity index (χ0) is 24.2. The summed E-state index contributed by atoms with van der Waals surface area (Å²) in [5.41, 5.74) is 7.05. The van der Waals surface area contributed by atoms with E-state index in [0.717, 1.165) is 55.4 Å². The van der Waals surface area contributed by atoms with Crippen LogP contribution >= 0.6 is 0 Å². The number of nitrogens with one attached hydrogen (secondary N) is 2. The molecule has 0 saturated heterocycles. The van der Waals surface area contributed by atoms with E-state index in [-0.39, 0.29) is 0 Å². The standard InChI is InChI=1S/C32H20N2O2/c35-31-27(25-21-15-7-9-17-23(21)33-29(25)19-11-3-1-4-12-19)28(32(31)36)26-22-16-8-10-18-24(22)34-30(26)20-13-5-2-6-14-20/h1-18,33-34H. The van der Waals surface area contributed by atoms with Gasteiger partial charge in [-0.2, -0.15) is 0 Å². The Kier molecular flexibility index (Phi) is 4.42. The maximum atomic E-state index is 13.3. The molecule has 0 bridgehead atoms. The van der Waals surface area contributed by atoms with Gasteiger partial charge in [0.15, 0.2) is 0 Å². The molecule has 0 aliphatic rings. The van der Waals surface area contributed by atoms with Crippen LogP contribution in [0.3, 0.4) is 0 Å². The third-order valence-electron chi connectivity index (χ3n) is 6.95. The second-order valence-electron chi connectivity index (χ2n) is 8.98. The zero-order valence-corrected chi connectivity index (χ0v) is 19.2. The molecule has 0 radical (unpaired) electrons. The lowest BCUT2D eigenvalue weighted by atomic mass is 9.85. The molecule has 4 heteroatoms. The topological polar surface area (TPSA) is 65.7 Å². The molecular formula is C32H20N2O2. The molecule has 170 valence electrons. The van der Waals surface area contributed by atoms with Crippen molar-refractivity contribution in [2.24, 2.45) is 0 Å². The highest BCUT2D eigenvalue weighted by molar-refractivity contribution is 6.13. The number of aromatic amines is 2. The number of hydrogen-bond donors (Lipinski definition) is 2. The molecule has 2 aromatic heterocycles. The van der Waals surface area contributed by atoms with Gasteiger partial charge in [-0.25, -0.2) is 0 Å². The summed E-state index contributed by atoms with van der Waals surface area (Å²) >= 11 is 0. The fourth-order valence-corrected chi connectivity index (χ4v) is 5.31. The van der Waals surface area contributed by atoms with Gasteiger partial charge in [-0.15, -0.1) is 0 Å². The second kappa shape index (κ2) is 7.79. The van der Waals surface area contributed by atoms with Crippen molar-refractivity contribution in [3.05, 3.63) is 130 Å². The normalized spacial score (nSPS) is 11.6. The van der Waals surface area contributed by atoms with E-state index in [4.69, 9.17) is 0 Å². The first-order chi connectivity index (χ1) is 17.7. The Balaban J connectivity index is 1.59. The molecule has 0 spiro atoms. The number of hydrogen-bond acceptors (Lipinski definition) is 2. The summed E-state index contributed by atoms with van der Waals surface area (Å²) in [6.07, 6.45) is 0. The molecule has 2 heterocycles. The van der Waals surface area contributed by atoms with Crippen LogP contribution in [0.5, 0.6) is 0 Å². The second-order valence-corrected chi connectivity index (χ2v) is 8.98.